The van der Waals surface area contributed by atoms with E-state index in [0.717, 1.165) is 31.4 Å². The number of thioether (sulfide) groups is 1. The molecule has 178 valence electrons. The summed E-state index contributed by atoms with van der Waals surface area (Å²) >= 11 is 1.85. The lowest BCUT2D eigenvalue weighted by atomic mass is 9.88. The first kappa shape index (κ1) is 24.9. The van der Waals surface area contributed by atoms with Gasteiger partial charge in [0.25, 0.3) is 0 Å². The summed E-state index contributed by atoms with van der Waals surface area (Å²) in [4.78, 5) is 10.7. The van der Waals surface area contributed by atoms with Crippen LogP contribution in [0.3, 0.4) is 0 Å². The Kier molecular flexibility index (Phi) is 8.52. The topological polar surface area (TPSA) is 87.0 Å². The van der Waals surface area contributed by atoms with Gasteiger partial charge in [-0.2, -0.15) is 24.9 Å². The number of aliphatic carboxylic acids is 1. The third-order valence-electron chi connectivity index (χ3n) is 6.15. The smallest absolute Gasteiger partial charge is 0.416 e. The molecule has 2 aliphatic rings. The molecule has 0 amide bonds. The number of carboxylic acid groups (broad SMARTS) is 1. The van der Waals surface area contributed by atoms with Crippen LogP contribution < -0.4 is 4.74 Å². The molecule has 1 aromatic rings. The summed E-state index contributed by atoms with van der Waals surface area (Å²) in [5, 5.41) is 30.3. The molecule has 3 N–H and O–H groups in total. The molecule has 1 saturated carbocycles. The summed E-state index contributed by atoms with van der Waals surface area (Å²) in [6.45, 7) is -0.0980. The quantitative estimate of drug-likeness (QED) is 0.457. The van der Waals surface area contributed by atoms with Crippen molar-refractivity contribution >= 4 is 17.7 Å². The minimum Gasteiger partial charge on any atom is -0.491 e. The van der Waals surface area contributed by atoms with Gasteiger partial charge in [0.1, 0.15) is 18.5 Å². The number of carboxylic acids is 1. The summed E-state index contributed by atoms with van der Waals surface area (Å²) in [7, 11) is 0. The van der Waals surface area contributed by atoms with Crippen LogP contribution in [-0.2, 0) is 11.0 Å². The van der Waals surface area contributed by atoms with Gasteiger partial charge in [-0.25, -0.2) is 0 Å². The fourth-order valence-electron chi connectivity index (χ4n) is 4.53. The van der Waals surface area contributed by atoms with Gasteiger partial charge in [-0.15, -0.1) is 0 Å². The molecule has 1 heterocycles. The molecule has 1 saturated heterocycles. The van der Waals surface area contributed by atoms with Crippen molar-refractivity contribution in [1.82, 2.24) is 0 Å². The number of benzene rings is 1. The van der Waals surface area contributed by atoms with Gasteiger partial charge in [-0.05, 0) is 62.3 Å². The van der Waals surface area contributed by atoms with Gasteiger partial charge in [0.05, 0.1) is 11.7 Å². The Bertz CT molecular complexity index is 783. The zero-order chi connectivity index (χ0) is 23.3. The van der Waals surface area contributed by atoms with Crippen LogP contribution in [0.1, 0.15) is 44.1 Å². The highest BCUT2D eigenvalue weighted by Crippen LogP contribution is 2.49. The number of ether oxygens (including phenoxy) is 1. The lowest BCUT2D eigenvalue weighted by Gasteiger charge is -2.33. The number of alkyl halides is 3. The van der Waals surface area contributed by atoms with Gasteiger partial charge in [0, 0.05) is 22.8 Å². The monoisotopic (exact) mass is 474 g/mol. The Labute approximate surface area is 189 Å². The number of halogens is 3. The first-order valence-corrected chi connectivity index (χ1v) is 11.8. The van der Waals surface area contributed by atoms with E-state index < -0.39 is 29.9 Å². The van der Waals surface area contributed by atoms with Crippen LogP contribution in [0.5, 0.6) is 5.75 Å². The molecule has 9 heteroatoms. The minimum atomic E-state index is -4.41. The van der Waals surface area contributed by atoms with Crippen LogP contribution in [0.2, 0.25) is 0 Å². The number of hydrogen-bond donors (Lipinski definition) is 3. The Morgan fingerprint density at radius 3 is 2.62 bits per heavy atom. The van der Waals surface area contributed by atoms with Crippen molar-refractivity contribution in [3.63, 3.8) is 0 Å². The summed E-state index contributed by atoms with van der Waals surface area (Å²) in [5.41, 5.74) is -0.760. The van der Waals surface area contributed by atoms with Crippen LogP contribution in [0.15, 0.2) is 36.4 Å². The second kappa shape index (κ2) is 10.9. The van der Waals surface area contributed by atoms with Gasteiger partial charge in [0.15, 0.2) is 0 Å². The number of hydrogen-bond acceptors (Lipinski definition) is 5. The third kappa shape index (κ3) is 6.89. The second-order valence-corrected chi connectivity index (χ2v) is 10.0. The molecule has 2 fully saturated rings. The van der Waals surface area contributed by atoms with Gasteiger partial charge >= 0.3 is 12.1 Å². The van der Waals surface area contributed by atoms with Crippen LogP contribution in [-0.4, -0.2) is 50.6 Å². The van der Waals surface area contributed by atoms with Crippen LogP contribution in [0.4, 0.5) is 13.2 Å². The van der Waals surface area contributed by atoms with Crippen molar-refractivity contribution in [3.05, 3.63) is 42.0 Å². The Morgan fingerprint density at radius 2 is 1.97 bits per heavy atom. The van der Waals surface area contributed by atoms with Crippen molar-refractivity contribution in [3.8, 4) is 5.75 Å². The second-order valence-electron chi connectivity index (χ2n) is 8.49. The SMILES string of the molecule is O=C(O)CCC[C@H]1CC[C@@H]2[C@@H](C=C[C@@H](O)COc3ccc(C(F)(F)F)cc3)[C@H](O)C[C@@H]2S1. The average Bonchev–Trinajstić information content (AvgIpc) is 3.04. The summed E-state index contributed by atoms with van der Waals surface area (Å²) in [6, 6.07) is 4.30. The largest absolute Gasteiger partial charge is 0.491 e. The van der Waals surface area contributed by atoms with Crippen molar-refractivity contribution in [2.45, 2.75) is 67.4 Å². The minimum absolute atomic E-state index is 0.0619. The standard InChI is InChI=1S/C23H29F3O5S/c24-23(25,26)14-4-7-16(8-5-14)31-13-15(27)6-10-18-19-11-9-17(2-1-3-22(29)30)32-21(19)12-20(18)28/h4-8,10,15,17-21,27-28H,1-3,9,11-13H2,(H,29,30)/t15-,17+,18-,19-,20-,21+/m1/s1. The molecular formula is C23H29F3O5S. The van der Waals surface area contributed by atoms with E-state index in [9.17, 15) is 28.2 Å². The number of rotatable bonds is 9. The molecule has 1 aliphatic carbocycles. The van der Waals surface area contributed by atoms with E-state index in [2.05, 4.69) is 0 Å². The fraction of sp³-hybridized carbons (Fsp3) is 0.609. The fourth-order valence-corrected chi connectivity index (χ4v) is 6.43. The van der Waals surface area contributed by atoms with Crippen molar-refractivity contribution in [2.24, 2.45) is 11.8 Å². The van der Waals surface area contributed by atoms with Gasteiger partial charge < -0.3 is 20.1 Å². The van der Waals surface area contributed by atoms with Crippen LogP contribution >= 0.6 is 11.8 Å². The summed E-state index contributed by atoms with van der Waals surface area (Å²) < 4.78 is 43.2. The number of carbonyl (C=O) groups is 1. The molecule has 0 unspecified atom stereocenters. The molecular weight excluding hydrogens is 445 g/mol. The van der Waals surface area contributed by atoms with Crippen molar-refractivity contribution in [1.29, 1.82) is 0 Å². The molecule has 0 aromatic heterocycles. The molecule has 0 radical (unpaired) electrons. The van der Waals surface area contributed by atoms with E-state index in [4.69, 9.17) is 9.84 Å². The average molecular weight is 475 g/mol. The molecule has 1 aromatic carbocycles. The van der Waals surface area contributed by atoms with Crippen molar-refractivity contribution < 1.29 is 38.0 Å². The Morgan fingerprint density at radius 1 is 1.25 bits per heavy atom. The maximum atomic E-state index is 12.6. The molecule has 5 nitrogen and oxygen atoms in total. The predicted molar refractivity (Wildman–Crippen MR) is 116 cm³/mol. The summed E-state index contributed by atoms with van der Waals surface area (Å²) in [5.74, 6) is -0.284. The zero-order valence-electron chi connectivity index (χ0n) is 17.6. The van der Waals surface area contributed by atoms with Gasteiger partial charge in [0.2, 0.25) is 0 Å². The molecule has 6 atom stereocenters. The Balaban J connectivity index is 1.46. The van der Waals surface area contributed by atoms with E-state index in [1.165, 1.54) is 12.1 Å². The van der Waals surface area contributed by atoms with E-state index in [1.807, 2.05) is 17.8 Å². The lowest BCUT2D eigenvalue weighted by Crippen LogP contribution is -2.27. The normalized spacial score (nSPS) is 29.1. The maximum absolute atomic E-state index is 12.6. The molecule has 32 heavy (non-hydrogen) atoms. The first-order valence-electron chi connectivity index (χ1n) is 10.8. The third-order valence-corrected chi connectivity index (χ3v) is 7.90. The number of aliphatic hydroxyl groups excluding tert-OH is 2. The first-order chi connectivity index (χ1) is 15.1. The van der Waals surface area contributed by atoms with Crippen LogP contribution in [0.25, 0.3) is 0 Å². The Hall–Kier alpha value is -1.71. The van der Waals surface area contributed by atoms with E-state index in [1.54, 1.807) is 6.08 Å². The van der Waals surface area contributed by atoms with E-state index in [-0.39, 0.29) is 24.7 Å². The molecule has 0 bridgehead atoms. The molecule has 0 spiro atoms. The number of fused-ring (bicyclic) bond motifs is 1. The highest BCUT2D eigenvalue weighted by Gasteiger charge is 2.44. The predicted octanol–water partition coefficient (Wildman–Crippen LogP) is 4.52. The summed E-state index contributed by atoms with van der Waals surface area (Å²) in [6.07, 6.45) is 1.93. The van der Waals surface area contributed by atoms with Crippen molar-refractivity contribution in [2.75, 3.05) is 6.61 Å². The lowest BCUT2D eigenvalue weighted by molar-refractivity contribution is -0.138. The maximum Gasteiger partial charge on any atom is 0.416 e. The molecule has 3 rings (SSSR count). The zero-order valence-corrected chi connectivity index (χ0v) is 18.4. The highest BCUT2D eigenvalue weighted by molar-refractivity contribution is 8.00. The van der Waals surface area contributed by atoms with Gasteiger partial charge in [-0.3, -0.25) is 4.79 Å². The van der Waals surface area contributed by atoms with E-state index >= 15 is 0 Å². The van der Waals surface area contributed by atoms with Crippen LogP contribution in [0, 0.1) is 11.8 Å². The van der Waals surface area contributed by atoms with Gasteiger partial charge in [-0.1, -0.05) is 12.2 Å². The number of aliphatic hydroxyl groups is 2. The highest BCUT2D eigenvalue weighted by atomic mass is 32.2. The molecule has 1 aliphatic heterocycles. The van der Waals surface area contributed by atoms with E-state index in [0.29, 0.717) is 29.3 Å².